The Morgan fingerprint density at radius 1 is 1.11 bits per heavy atom. The van der Waals surface area contributed by atoms with Crippen molar-refractivity contribution in [2.45, 2.75) is 0 Å². The summed E-state index contributed by atoms with van der Waals surface area (Å²) >= 11 is 0. The number of benzene rings is 2. The molecule has 4 heteroatoms. The summed E-state index contributed by atoms with van der Waals surface area (Å²) in [6.07, 6.45) is 0. The number of fused-ring (bicyclic) bond motifs is 1. The topological polar surface area (TPSA) is 50.4 Å². The minimum atomic E-state index is -1.30. The van der Waals surface area contributed by atoms with E-state index in [4.69, 9.17) is 9.52 Å². The van der Waals surface area contributed by atoms with E-state index in [1.165, 1.54) is 12.1 Å². The van der Waals surface area contributed by atoms with E-state index in [-0.39, 0.29) is 5.56 Å². The van der Waals surface area contributed by atoms with Gasteiger partial charge in [-0.3, -0.25) is 0 Å². The molecule has 3 aromatic rings. The lowest BCUT2D eigenvalue weighted by Gasteiger charge is -2.00. The quantitative estimate of drug-likeness (QED) is 0.755. The van der Waals surface area contributed by atoms with Gasteiger partial charge in [0.2, 0.25) is 0 Å². The third-order valence-corrected chi connectivity index (χ3v) is 2.91. The monoisotopic (exact) mass is 256 g/mol. The summed E-state index contributed by atoms with van der Waals surface area (Å²) in [4.78, 5) is 10.9. The van der Waals surface area contributed by atoms with Gasteiger partial charge in [0.05, 0.1) is 5.56 Å². The van der Waals surface area contributed by atoms with Gasteiger partial charge in [-0.2, -0.15) is 0 Å². The van der Waals surface area contributed by atoms with E-state index in [0.717, 1.165) is 11.5 Å². The molecule has 1 aromatic heterocycles. The van der Waals surface area contributed by atoms with Gasteiger partial charge in [0.1, 0.15) is 17.2 Å². The van der Waals surface area contributed by atoms with Crippen LogP contribution in [0.2, 0.25) is 0 Å². The van der Waals surface area contributed by atoms with Crippen LogP contribution < -0.4 is 0 Å². The Balaban J connectivity index is 2.16. The molecule has 0 atom stereocenters. The summed E-state index contributed by atoms with van der Waals surface area (Å²) in [5, 5.41) is 9.82. The maximum atomic E-state index is 13.3. The molecule has 0 amide bonds. The van der Waals surface area contributed by atoms with E-state index < -0.39 is 11.8 Å². The Hall–Kier alpha value is -2.62. The summed E-state index contributed by atoms with van der Waals surface area (Å²) in [7, 11) is 0. The molecule has 0 aliphatic rings. The SMILES string of the molecule is O=C(O)c1cc(-c2cc3ccccc3o2)ccc1F. The van der Waals surface area contributed by atoms with Crippen LogP contribution in [0.15, 0.2) is 52.9 Å². The number of aromatic carboxylic acids is 1. The standard InChI is InChI=1S/C15H9FO3/c16-12-6-5-10(7-11(12)15(17)18)14-8-9-3-1-2-4-13(9)19-14/h1-8H,(H,17,18). The maximum Gasteiger partial charge on any atom is 0.338 e. The third kappa shape index (κ3) is 1.97. The second-order valence-electron chi connectivity index (χ2n) is 4.15. The molecule has 0 spiro atoms. The van der Waals surface area contributed by atoms with Crippen molar-refractivity contribution in [1.29, 1.82) is 0 Å². The van der Waals surface area contributed by atoms with Crippen LogP contribution in [0.5, 0.6) is 0 Å². The van der Waals surface area contributed by atoms with Crippen molar-refractivity contribution in [2.24, 2.45) is 0 Å². The smallest absolute Gasteiger partial charge is 0.338 e. The van der Waals surface area contributed by atoms with Crippen LogP contribution in [0.3, 0.4) is 0 Å². The van der Waals surface area contributed by atoms with Gasteiger partial charge in [-0.05, 0) is 30.3 Å². The van der Waals surface area contributed by atoms with Crippen LogP contribution in [0, 0.1) is 5.82 Å². The third-order valence-electron chi connectivity index (χ3n) is 2.91. The molecular weight excluding hydrogens is 247 g/mol. The molecule has 3 nitrogen and oxygen atoms in total. The van der Waals surface area contributed by atoms with E-state index in [0.29, 0.717) is 16.9 Å². The fourth-order valence-electron chi connectivity index (χ4n) is 1.97. The molecule has 0 saturated heterocycles. The summed E-state index contributed by atoms with van der Waals surface area (Å²) in [6.45, 7) is 0. The van der Waals surface area contributed by atoms with Crippen LogP contribution in [0.1, 0.15) is 10.4 Å². The molecule has 0 unspecified atom stereocenters. The first kappa shape index (κ1) is 11.5. The molecular formula is C15H9FO3. The van der Waals surface area contributed by atoms with Gasteiger partial charge in [0.25, 0.3) is 0 Å². The molecule has 0 bridgehead atoms. The summed E-state index contributed by atoms with van der Waals surface area (Å²) in [6, 6.07) is 13.2. The number of hydrogen-bond acceptors (Lipinski definition) is 2. The van der Waals surface area contributed by atoms with Crippen molar-refractivity contribution >= 4 is 16.9 Å². The molecule has 2 aromatic carbocycles. The molecule has 1 heterocycles. The van der Waals surface area contributed by atoms with Gasteiger partial charge >= 0.3 is 5.97 Å². The highest BCUT2D eigenvalue weighted by atomic mass is 19.1. The fraction of sp³-hybridized carbons (Fsp3) is 0. The molecule has 1 N–H and O–H groups in total. The van der Waals surface area contributed by atoms with Gasteiger partial charge in [-0.25, -0.2) is 9.18 Å². The summed E-state index contributed by atoms with van der Waals surface area (Å²) < 4.78 is 18.9. The molecule has 19 heavy (non-hydrogen) atoms. The molecule has 0 aliphatic heterocycles. The fourth-order valence-corrected chi connectivity index (χ4v) is 1.97. The normalized spacial score (nSPS) is 10.8. The number of furan rings is 1. The number of hydrogen-bond donors (Lipinski definition) is 1. The zero-order chi connectivity index (χ0) is 13.4. The highest BCUT2D eigenvalue weighted by molar-refractivity contribution is 5.90. The number of carboxylic acids is 1. The van der Waals surface area contributed by atoms with Crippen molar-refractivity contribution in [1.82, 2.24) is 0 Å². The Kier molecular flexibility index (Phi) is 2.56. The van der Waals surface area contributed by atoms with Crippen molar-refractivity contribution in [2.75, 3.05) is 0 Å². The molecule has 0 saturated carbocycles. The van der Waals surface area contributed by atoms with E-state index in [1.54, 1.807) is 6.07 Å². The lowest BCUT2D eigenvalue weighted by Crippen LogP contribution is -2.00. The number of carbonyl (C=O) groups is 1. The first-order chi connectivity index (χ1) is 9.15. The summed E-state index contributed by atoms with van der Waals surface area (Å²) in [5.41, 5.74) is 0.881. The minimum absolute atomic E-state index is 0.363. The van der Waals surface area contributed by atoms with Crippen LogP contribution in [0.4, 0.5) is 4.39 Å². The first-order valence-corrected chi connectivity index (χ1v) is 5.67. The number of rotatable bonds is 2. The predicted octanol–water partition coefficient (Wildman–Crippen LogP) is 3.94. The number of carboxylic acid groups (broad SMARTS) is 1. The van der Waals surface area contributed by atoms with Crippen molar-refractivity contribution in [3.8, 4) is 11.3 Å². The average Bonchev–Trinajstić information content (AvgIpc) is 2.82. The Morgan fingerprint density at radius 3 is 2.63 bits per heavy atom. The highest BCUT2D eigenvalue weighted by Gasteiger charge is 2.13. The second-order valence-corrected chi connectivity index (χ2v) is 4.15. The van der Waals surface area contributed by atoms with Gasteiger partial charge in [-0.1, -0.05) is 18.2 Å². The molecule has 94 valence electrons. The van der Waals surface area contributed by atoms with Crippen LogP contribution in [0.25, 0.3) is 22.3 Å². The van der Waals surface area contributed by atoms with Gasteiger partial charge in [0.15, 0.2) is 0 Å². The van der Waals surface area contributed by atoms with Gasteiger partial charge in [-0.15, -0.1) is 0 Å². The minimum Gasteiger partial charge on any atom is -0.478 e. The first-order valence-electron chi connectivity index (χ1n) is 5.67. The zero-order valence-corrected chi connectivity index (χ0v) is 9.76. The maximum absolute atomic E-state index is 13.3. The lowest BCUT2D eigenvalue weighted by atomic mass is 10.1. The molecule has 0 fully saturated rings. The lowest BCUT2D eigenvalue weighted by molar-refractivity contribution is 0.0692. The van der Waals surface area contributed by atoms with Gasteiger partial charge < -0.3 is 9.52 Å². The average molecular weight is 256 g/mol. The largest absolute Gasteiger partial charge is 0.478 e. The molecule has 0 aliphatic carbocycles. The predicted molar refractivity (Wildman–Crippen MR) is 68.6 cm³/mol. The van der Waals surface area contributed by atoms with E-state index in [1.807, 2.05) is 24.3 Å². The van der Waals surface area contributed by atoms with Crippen molar-refractivity contribution < 1.29 is 18.7 Å². The van der Waals surface area contributed by atoms with Crippen LogP contribution in [-0.4, -0.2) is 11.1 Å². The highest BCUT2D eigenvalue weighted by Crippen LogP contribution is 2.28. The zero-order valence-electron chi connectivity index (χ0n) is 9.76. The van der Waals surface area contributed by atoms with Gasteiger partial charge in [0, 0.05) is 10.9 Å². The molecule has 3 rings (SSSR count). The summed E-state index contributed by atoms with van der Waals surface area (Å²) in [5.74, 6) is -1.54. The van der Waals surface area contributed by atoms with Crippen molar-refractivity contribution in [3.63, 3.8) is 0 Å². The van der Waals surface area contributed by atoms with E-state index in [2.05, 4.69) is 0 Å². The Bertz CT molecular complexity index is 741. The Morgan fingerprint density at radius 2 is 1.89 bits per heavy atom. The second kappa shape index (κ2) is 4.24. The van der Waals surface area contributed by atoms with Crippen LogP contribution in [-0.2, 0) is 0 Å². The van der Waals surface area contributed by atoms with E-state index >= 15 is 0 Å². The van der Waals surface area contributed by atoms with E-state index in [9.17, 15) is 9.18 Å². The number of halogens is 1. The number of para-hydroxylation sites is 1. The Labute approximate surface area is 107 Å². The molecule has 0 radical (unpaired) electrons. The van der Waals surface area contributed by atoms with Crippen LogP contribution >= 0.6 is 0 Å². The van der Waals surface area contributed by atoms with Crippen molar-refractivity contribution in [3.05, 3.63) is 59.9 Å².